The molecule has 64 valence electrons. The number of hydrogen-bond donors (Lipinski definition) is 0. The maximum absolute atomic E-state index is 5.88. The lowest BCUT2D eigenvalue weighted by atomic mass is 10.3. The molecule has 0 N–H and O–H groups in total. The minimum absolute atomic E-state index is 0.0284. The van der Waals surface area contributed by atoms with Crippen LogP contribution < -0.4 is 4.74 Å². The Labute approximate surface area is 76.1 Å². The van der Waals surface area contributed by atoms with Gasteiger partial charge >= 0.3 is 5.25 Å². The highest BCUT2D eigenvalue weighted by molar-refractivity contribution is 6.24. The molecular weight excluding hydrogens is 176 g/mol. The summed E-state index contributed by atoms with van der Waals surface area (Å²) in [5.41, 5.74) is 0. The van der Waals surface area contributed by atoms with Crippen molar-refractivity contribution < 1.29 is 9.47 Å². The zero-order valence-corrected chi connectivity index (χ0v) is 7.41. The number of halogens is 1. The number of ether oxygens (including phenoxy) is 2. The second kappa shape index (κ2) is 2.64. The van der Waals surface area contributed by atoms with Crippen LogP contribution in [0.3, 0.4) is 0 Å². The third-order valence-corrected chi connectivity index (χ3v) is 2.24. The molecule has 2 unspecified atom stereocenters. The van der Waals surface area contributed by atoms with Crippen molar-refractivity contribution in [3.8, 4) is 5.75 Å². The van der Waals surface area contributed by atoms with Gasteiger partial charge in [-0.1, -0.05) is 18.2 Å². The Balaban J connectivity index is 2.06. The lowest BCUT2D eigenvalue weighted by Crippen LogP contribution is -2.13. The highest BCUT2D eigenvalue weighted by Crippen LogP contribution is 2.41. The first-order valence-electron chi connectivity index (χ1n) is 3.81. The van der Waals surface area contributed by atoms with Crippen molar-refractivity contribution >= 4 is 11.6 Å². The topological polar surface area (TPSA) is 21.8 Å². The summed E-state index contributed by atoms with van der Waals surface area (Å²) < 4.78 is 10.4. The second-order valence-corrected chi connectivity index (χ2v) is 3.28. The minimum atomic E-state index is -0.915. The Morgan fingerprint density at radius 2 is 2.00 bits per heavy atom. The normalized spacial score (nSPS) is 33.0. The predicted octanol–water partition coefficient (Wildman–Crippen LogP) is 2.38. The van der Waals surface area contributed by atoms with Gasteiger partial charge in [0.1, 0.15) is 11.9 Å². The highest BCUT2D eigenvalue weighted by atomic mass is 35.5. The van der Waals surface area contributed by atoms with Gasteiger partial charge < -0.3 is 9.47 Å². The van der Waals surface area contributed by atoms with E-state index in [1.165, 1.54) is 0 Å². The molecule has 0 aromatic heterocycles. The zero-order valence-electron chi connectivity index (χ0n) is 6.66. The SMILES string of the molecule is CC1OC1(Cl)Oc1ccccc1. The Hall–Kier alpha value is -0.730. The lowest BCUT2D eigenvalue weighted by Gasteiger charge is -2.06. The van der Waals surface area contributed by atoms with E-state index in [4.69, 9.17) is 21.1 Å². The molecule has 12 heavy (non-hydrogen) atoms. The van der Waals surface area contributed by atoms with Crippen LogP contribution in [0.2, 0.25) is 0 Å². The van der Waals surface area contributed by atoms with Gasteiger partial charge in [-0.25, -0.2) is 0 Å². The summed E-state index contributed by atoms with van der Waals surface area (Å²) >= 11 is 5.88. The fourth-order valence-electron chi connectivity index (χ4n) is 0.963. The highest BCUT2D eigenvalue weighted by Gasteiger charge is 2.55. The monoisotopic (exact) mass is 184 g/mol. The van der Waals surface area contributed by atoms with E-state index in [0.717, 1.165) is 5.75 Å². The predicted molar refractivity (Wildman–Crippen MR) is 46.2 cm³/mol. The van der Waals surface area contributed by atoms with E-state index in [2.05, 4.69) is 0 Å². The van der Waals surface area contributed by atoms with E-state index in [9.17, 15) is 0 Å². The van der Waals surface area contributed by atoms with Crippen LogP contribution in [0.1, 0.15) is 6.92 Å². The van der Waals surface area contributed by atoms with E-state index in [1.807, 2.05) is 37.3 Å². The van der Waals surface area contributed by atoms with Crippen molar-refractivity contribution in [3.63, 3.8) is 0 Å². The van der Waals surface area contributed by atoms with E-state index < -0.39 is 5.25 Å². The molecule has 0 saturated carbocycles. The lowest BCUT2D eigenvalue weighted by molar-refractivity contribution is 0.140. The van der Waals surface area contributed by atoms with Crippen molar-refractivity contribution in [2.24, 2.45) is 0 Å². The van der Waals surface area contributed by atoms with Crippen LogP contribution in [0, 0.1) is 0 Å². The standard InChI is InChI=1S/C9H9ClO2/c1-7-9(10,11-7)12-8-5-3-2-4-6-8/h2-7H,1H3. The van der Waals surface area contributed by atoms with Gasteiger partial charge in [0.15, 0.2) is 0 Å². The van der Waals surface area contributed by atoms with Gasteiger partial charge in [-0.2, -0.15) is 0 Å². The smallest absolute Gasteiger partial charge is 0.318 e. The van der Waals surface area contributed by atoms with Crippen LogP contribution in [0.5, 0.6) is 5.75 Å². The fourth-order valence-corrected chi connectivity index (χ4v) is 1.19. The maximum Gasteiger partial charge on any atom is 0.318 e. The average Bonchev–Trinajstić information content (AvgIpc) is 2.61. The van der Waals surface area contributed by atoms with E-state index in [0.29, 0.717) is 0 Å². The molecule has 0 bridgehead atoms. The molecular formula is C9H9ClO2. The maximum atomic E-state index is 5.88. The molecule has 1 aliphatic heterocycles. The Morgan fingerprint density at radius 1 is 1.42 bits per heavy atom. The molecule has 0 amide bonds. The molecule has 1 heterocycles. The molecule has 2 atom stereocenters. The molecule has 0 radical (unpaired) electrons. The van der Waals surface area contributed by atoms with Crippen LogP contribution >= 0.6 is 11.6 Å². The molecule has 1 aliphatic rings. The molecule has 1 aromatic rings. The third-order valence-electron chi connectivity index (χ3n) is 1.77. The molecule has 0 aliphatic carbocycles. The summed E-state index contributed by atoms with van der Waals surface area (Å²) in [4.78, 5) is 0. The van der Waals surface area contributed by atoms with Crippen LogP contribution in [0.4, 0.5) is 0 Å². The number of benzene rings is 1. The number of alkyl halides is 1. The second-order valence-electron chi connectivity index (χ2n) is 2.76. The largest absolute Gasteiger partial charge is 0.446 e. The van der Waals surface area contributed by atoms with Gasteiger partial charge in [0.25, 0.3) is 0 Å². The quantitative estimate of drug-likeness (QED) is 0.520. The van der Waals surface area contributed by atoms with E-state index >= 15 is 0 Å². The van der Waals surface area contributed by atoms with Gasteiger partial charge in [0.2, 0.25) is 0 Å². The molecule has 2 rings (SSSR count). The van der Waals surface area contributed by atoms with Crippen LogP contribution in [0.15, 0.2) is 30.3 Å². The first kappa shape index (κ1) is 7.90. The molecule has 1 aromatic carbocycles. The number of rotatable bonds is 2. The Bertz CT molecular complexity index is 275. The summed E-state index contributed by atoms with van der Waals surface area (Å²) in [6.45, 7) is 1.87. The molecule has 1 fully saturated rings. The van der Waals surface area contributed by atoms with Crippen molar-refractivity contribution in [1.82, 2.24) is 0 Å². The molecule has 0 spiro atoms. The van der Waals surface area contributed by atoms with Crippen LogP contribution in [0.25, 0.3) is 0 Å². The minimum Gasteiger partial charge on any atom is -0.446 e. The number of hydrogen-bond acceptors (Lipinski definition) is 2. The van der Waals surface area contributed by atoms with E-state index in [-0.39, 0.29) is 6.10 Å². The summed E-state index contributed by atoms with van der Waals surface area (Å²) in [5, 5.41) is -0.915. The van der Waals surface area contributed by atoms with Crippen molar-refractivity contribution in [2.75, 3.05) is 0 Å². The van der Waals surface area contributed by atoms with Gasteiger partial charge in [-0.05, 0) is 30.7 Å². The van der Waals surface area contributed by atoms with Gasteiger partial charge in [-0.3, -0.25) is 0 Å². The Kier molecular flexibility index (Phi) is 1.74. The van der Waals surface area contributed by atoms with Crippen LogP contribution in [-0.4, -0.2) is 11.4 Å². The molecule has 2 nitrogen and oxygen atoms in total. The molecule has 1 saturated heterocycles. The van der Waals surface area contributed by atoms with Crippen molar-refractivity contribution in [2.45, 2.75) is 18.3 Å². The Morgan fingerprint density at radius 3 is 2.50 bits per heavy atom. The summed E-state index contributed by atoms with van der Waals surface area (Å²) in [5.74, 6) is 0.733. The van der Waals surface area contributed by atoms with Crippen LogP contribution in [-0.2, 0) is 4.74 Å². The summed E-state index contributed by atoms with van der Waals surface area (Å²) in [6, 6.07) is 9.40. The molecule has 3 heteroatoms. The first-order chi connectivity index (χ1) is 5.71. The summed E-state index contributed by atoms with van der Waals surface area (Å²) in [6.07, 6.45) is -0.0284. The van der Waals surface area contributed by atoms with Gasteiger partial charge in [0.05, 0.1) is 0 Å². The third kappa shape index (κ3) is 1.40. The van der Waals surface area contributed by atoms with E-state index in [1.54, 1.807) is 0 Å². The van der Waals surface area contributed by atoms with Gasteiger partial charge in [-0.15, -0.1) is 0 Å². The zero-order chi connectivity index (χ0) is 8.60. The number of para-hydroxylation sites is 1. The van der Waals surface area contributed by atoms with Crippen molar-refractivity contribution in [3.05, 3.63) is 30.3 Å². The summed E-state index contributed by atoms with van der Waals surface area (Å²) in [7, 11) is 0. The van der Waals surface area contributed by atoms with Gasteiger partial charge in [0, 0.05) is 0 Å². The number of epoxide rings is 1. The first-order valence-corrected chi connectivity index (χ1v) is 4.19. The average molecular weight is 185 g/mol. The fraction of sp³-hybridized carbons (Fsp3) is 0.333. The van der Waals surface area contributed by atoms with Crippen molar-refractivity contribution in [1.29, 1.82) is 0 Å².